The average molecular weight is 854 g/mol. The van der Waals surface area contributed by atoms with E-state index in [2.05, 4.69) is 47.9 Å². The number of para-hydroxylation sites is 1. The highest BCUT2D eigenvalue weighted by atomic mass is 19.3. The van der Waals surface area contributed by atoms with Gasteiger partial charge in [0, 0.05) is 57.1 Å². The Balaban J connectivity index is 0.760. The van der Waals surface area contributed by atoms with Crippen molar-refractivity contribution >= 4 is 40.3 Å². The fraction of sp³-hybridized carbons (Fsp3) is 0.523. The topological polar surface area (TPSA) is 177 Å². The standard InChI is InChI=1S/C44H53F2N11O5/c1-53(30-15-18-55(19-16-30)23-29-4-3-5-34-39(29)54(2)44(61)57(34)35-12-13-37(58)51-42(35)60)22-27-8-10-31(11-9-27)56-24-32(38(52-56)40(45)46)49-41(59)33-25-62-43(50-33)28-14-17-47-36(20-28)48-21-26-6-7-26/h3-5,14,17,20,24-27,30-31,35,40H,6-13,15-16,18-19,21-23H2,1-2H3,(H,47,48)(H,49,59)(H,51,58,60)/t27-,31-,35-/m0/s1. The highest BCUT2D eigenvalue weighted by Gasteiger charge is 2.33. The molecule has 4 fully saturated rings. The van der Waals surface area contributed by atoms with Crippen LogP contribution in [0.5, 0.6) is 0 Å². The van der Waals surface area contributed by atoms with E-state index in [1.165, 1.54) is 29.9 Å². The average Bonchev–Trinajstić information content (AvgIpc) is 3.67. The van der Waals surface area contributed by atoms with Crippen molar-refractivity contribution in [2.45, 2.75) is 95.3 Å². The molecule has 328 valence electrons. The van der Waals surface area contributed by atoms with E-state index in [1.807, 2.05) is 18.2 Å². The number of oxazole rings is 1. The van der Waals surface area contributed by atoms with E-state index in [9.17, 15) is 28.0 Å². The van der Waals surface area contributed by atoms with E-state index >= 15 is 0 Å². The van der Waals surface area contributed by atoms with E-state index in [1.54, 1.807) is 34.6 Å². The fourth-order valence-corrected chi connectivity index (χ4v) is 9.56. The normalized spacial score (nSPS) is 21.5. The number of rotatable bonds is 14. The zero-order chi connectivity index (χ0) is 43.1. The zero-order valence-electron chi connectivity index (χ0n) is 35.1. The molecule has 9 rings (SSSR count). The fourth-order valence-electron chi connectivity index (χ4n) is 9.56. The highest BCUT2D eigenvalue weighted by Crippen LogP contribution is 2.36. The van der Waals surface area contributed by atoms with E-state index in [4.69, 9.17) is 4.42 Å². The predicted octanol–water partition coefficient (Wildman–Crippen LogP) is 5.90. The lowest BCUT2D eigenvalue weighted by molar-refractivity contribution is -0.135. The number of nitrogens with one attached hydrogen (secondary N) is 3. The Morgan fingerprint density at radius 3 is 2.53 bits per heavy atom. The van der Waals surface area contributed by atoms with E-state index in [0.717, 1.165) is 75.8 Å². The van der Waals surface area contributed by atoms with Crippen LogP contribution in [-0.4, -0.2) is 95.7 Å². The van der Waals surface area contributed by atoms with Gasteiger partial charge in [-0.05, 0) is 114 Å². The zero-order valence-corrected chi connectivity index (χ0v) is 35.1. The lowest BCUT2D eigenvalue weighted by Crippen LogP contribution is -2.44. The lowest BCUT2D eigenvalue weighted by Gasteiger charge is -2.39. The Labute approximate surface area is 357 Å². The first-order chi connectivity index (χ1) is 30.0. The van der Waals surface area contributed by atoms with Crippen LogP contribution in [0.15, 0.2) is 58.2 Å². The number of pyridine rings is 1. The first kappa shape index (κ1) is 41.6. The summed E-state index contributed by atoms with van der Waals surface area (Å²) in [6.45, 7) is 4.30. The van der Waals surface area contributed by atoms with Crippen molar-refractivity contribution in [3.8, 4) is 11.5 Å². The van der Waals surface area contributed by atoms with Gasteiger partial charge in [0.1, 0.15) is 18.1 Å². The van der Waals surface area contributed by atoms with Crippen LogP contribution in [0.1, 0.15) is 104 Å². The Morgan fingerprint density at radius 1 is 1.02 bits per heavy atom. The molecule has 0 radical (unpaired) electrons. The molecule has 6 heterocycles. The summed E-state index contributed by atoms with van der Waals surface area (Å²) >= 11 is 0. The van der Waals surface area contributed by atoms with Gasteiger partial charge in [0.25, 0.3) is 12.3 Å². The quantitative estimate of drug-likeness (QED) is 0.113. The number of carbonyl (C=O) groups excluding carboxylic acids is 3. The minimum absolute atomic E-state index is 0.0301. The first-order valence-corrected chi connectivity index (χ1v) is 21.8. The van der Waals surface area contributed by atoms with Crippen LogP contribution in [0, 0.1) is 11.8 Å². The summed E-state index contributed by atoms with van der Waals surface area (Å²) in [6, 6.07) is 9.04. The van der Waals surface area contributed by atoms with E-state index in [-0.39, 0.29) is 41.3 Å². The number of aryl methyl sites for hydroxylation is 1. The van der Waals surface area contributed by atoms with Crippen molar-refractivity contribution in [2.24, 2.45) is 18.9 Å². The highest BCUT2D eigenvalue weighted by molar-refractivity contribution is 6.03. The van der Waals surface area contributed by atoms with Crippen molar-refractivity contribution in [1.82, 2.24) is 44.0 Å². The summed E-state index contributed by atoms with van der Waals surface area (Å²) in [5.74, 6) is 0.642. The summed E-state index contributed by atoms with van der Waals surface area (Å²) in [4.78, 5) is 64.6. The van der Waals surface area contributed by atoms with Crippen LogP contribution in [0.25, 0.3) is 22.5 Å². The summed E-state index contributed by atoms with van der Waals surface area (Å²) in [5, 5.41) is 12.6. The molecule has 2 saturated carbocycles. The number of imidazole rings is 1. The molecule has 16 nitrogen and oxygen atoms in total. The third-order valence-electron chi connectivity index (χ3n) is 13.2. The molecule has 0 spiro atoms. The Morgan fingerprint density at radius 2 is 1.79 bits per heavy atom. The second-order valence-corrected chi connectivity index (χ2v) is 17.5. The van der Waals surface area contributed by atoms with E-state index < -0.39 is 30.0 Å². The third kappa shape index (κ3) is 8.80. The van der Waals surface area contributed by atoms with Gasteiger partial charge in [-0.2, -0.15) is 5.10 Å². The summed E-state index contributed by atoms with van der Waals surface area (Å²) in [6.07, 6.45) is 9.91. The Bertz CT molecular complexity index is 2510. The molecule has 18 heteroatoms. The molecular weight excluding hydrogens is 801 g/mol. The second-order valence-electron chi connectivity index (χ2n) is 17.5. The number of piperidine rings is 2. The number of amides is 3. The maximum atomic E-state index is 14.2. The molecule has 1 atom stereocenters. The molecule has 1 aromatic carbocycles. The van der Waals surface area contributed by atoms with Gasteiger partial charge in [0.15, 0.2) is 11.4 Å². The SMILES string of the molecule is CN(C[C@H]1CC[C@H](n2cc(NC(=O)c3coc(-c4ccnc(NCC5CC5)c4)n3)c(C(F)F)n2)CC1)C1CCN(Cc2cccc3c2n(C)c(=O)n3[C@H]2CCC(=O)NC2=O)CC1. The monoisotopic (exact) mass is 853 g/mol. The Hall–Kier alpha value is -5.75. The minimum atomic E-state index is -2.87. The molecule has 4 aromatic heterocycles. The molecule has 2 aliphatic carbocycles. The minimum Gasteiger partial charge on any atom is -0.444 e. The van der Waals surface area contributed by atoms with Crippen molar-refractivity contribution in [2.75, 3.05) is 43.9 Å². The lowest BCUT2D eigenvalue weighted by atomic mass is 9.85. The number of hydrogen-bond acceptors (Lipinski definition) is 11. The van der Waals surface area contributed by atoms with Crippen LogP contribution >= 0.6 is 0 Å². The number of imide groups is 1. The number of halogens is 2. The molecule has 4 aliphatic rings. The van der Waals surface area contributed by atoms with Crippen molar-refractivity contribution < 1.29 is 27.6 Å². The molecule has 62 heavy (non-hydrogen) atoms. The third-order valence-corrected chi connectivity index (χ3v) is 13.2. The van der Waals surface area contributed by atoms with Gasteiger partial charge in [-0.25, -0.2) is 23.5 Å². The van der Waals surface area contributed by atoms with Gasteiger partial charge < -0.3 is 20.0 Å². The number of fused-ring (bicyclic) bond motifs is 1. The van der Waals surface area contributed by atoms with Crippen molar-refractivity contribution in [3.63, 3.8) is 0 Å². The molecule has 2 saturated heterocycles. The molecule has 2 aliphatic heterocycles. The number of hydrogen-bond donors (Lipinski definition) is 3. The van der Waals surface area contributed by atoms with Crippen molar-refractivity contribution in [3.05, 3.63) is 76.4 Å². The van der Waals surface area contributed by atoms with Gasteiger partial charge in [0.2, 0.25) is 17.7 Å². The summed E-state index contributed by atoms with van der Waals surface area (Å²) in [7, 11) is 3.93. The molecule has 3 N–H and O–H groups in total. The largest absolute Gasteiger partial charge is 0.444 e. The van der Waals surface area contributed by atoms with Crippen LogP contribution in [0.2, 0.25) is 0 Å². The molecular formula is C44H53F2N11O5. The van der Waals surface area contributed by atoms with Gasteiger partial charge in [-0.1, -0.05) is 12.1 Å². The Kier molecular flexibility index (Phi) is 11.8. The summed E-state index contributed by atoms with van der Waals surface area (Å²) < 4.78 is 38.8. The smallest absolute Gasteiger partial charge is 0.329 e. The molecule has 5 aromatic rings. The maximum Gasteiger partial charge on any atom is 0.329 e. The van der Waals surface area contributed by atoms with E-state index in [0.29, 0.717) is 47.7 Å². The van der Waals surface area contributed by atoms with Gasteiger partial charge in [0.05, 0.1) is 22.8 Å². The van der Waals surface area contributed by atoms with Gasteiger partial charge >= 0.3 is 5.69 Å². The predicted molar refractivity (Wildman–Crippen MR) is 227 cm³/mol. The number of likely N-dealkylation sites (tertiary alicyclic amines) is 1. The number of anilines is 2. The van der Waals surface area contributed by atoms with Crippen LogP contribution < -0.4 is 21.6 Å². The van der Waals surface area contributed by atoms with Crippen LogP contribution in [-0.2, 0) is 23.2 Å². The number of carbonyl (C=O) groups is 3. The van der Waals surface area contributed by atoms with Crippen molar-refractivity contribution in [1.29, 1.82) is 0 Å². The second kappa shape index (κ2) is 17.6. The maximum absolute atomic E-state index is 14.2. The number of benzene rings is 1. The van der Waals surface area contributed by atoms with Crippen LogP contribution in [0.3, 0.4) is 0 Å². The number of alkyl halides is 2. The number of aromatic nitrogens is 6. The van der Waals surface area contributed by atoms with Crippen LogP contribution in [0.4, 0.5) is 20.3 Å². The molecule has 0 unspecified atom stereocenters. The number of nitrogens with zero attached hydrogens (tertiary/aromatic N) is 8. The summed E-state index contributed by atoms with van der Waals surface area (Å²) in [5.41, 5.74) is 2.38. The molecule has 3 amide bonds. The molecule has 0 bridgehead atoms. The van der Waals surface area contributed by atoms with Gasteiger partial charge in [-0.3, -0.25) is 38.4 Å². The van der Waals surface area contributed by atoms with Gasteiger partial charge in [-0.15, -0.1) is 0 Å². The first-order valence-electron chi connectivity index (χ1n) is 21.8.